The molecule has 7 heteroatoms. The molecule has 0 bridgehead atoms. The van der Waals surface area contributed by atoms with Crippen molar-refractivity contribution < 1.29 is 14.3 Å². The maximum absolute atomic E-state index is 12.2. The Labute approximate surface area is 143 Å². The minimum absolute atomic E-state index is 0.186. The number of piperazine rings is 1. The van der Waals surface area contributed by atoms with Gasteiger partial charge in [0.1, 0.15) is 5.69 Å². The van der Waals surface area contributed by atoms with Crippen molar-refractivity contribution in [3.63, 3.8) is 0 Å². The zero-order valence-corrected chi connectivity index (χ0v) is 14.8. The van der Waals surface area contributed by atoms with Gasteiger partial charge in [0.05, 0.1) is 6.61 Å². The summed E-state index contributed by atoms with van der Waals surface area (Å²) in [5.41, 5.74) is 1.03. The number of nitrogens with one attached hydrogen (secondary N) is 1. The molecule has 132 valence electrons. The van der Waals surface area contributed by atoms with Crippen molar-refractivity contribution >= 4 is 17.7 Å². The monoisotopic (exact) mass is 334 g/mol. The molecule has 2 amide bonds. The molecule has 1 aromatic rings. The average Bonchev–Trinajstić information content (AvgIpc) is 2.54. The number of amides is 2. The van der Waals surface area contributed by atoms with Gasteiger partial charge in [-0.05, 0) is 39.8 Å². The molecule has 1 saturated heterocycles. The van der Waals surface area contributed by atoms with E-state index in [1.807, 2.05) is 26.8 Å². The van der Waals surface area contributed by atoms with Crippen LogP contribution in [-0.4, -0.2) is 60.2 Å². The minimum atomic E-state index is -0.306. The Morgan fingerprint density at radius 1 is 1.25 bits per heavy atom. The quantitative estimate of drug-likeness (QED) is 0.914. The van der Waals surface area contributed by atoms with Crippen molar-refractivity contribution in [3.8, 4) is 0 Å². The molecule has 0 radical (unpaired) electrons. The van der Waals surface area contributed by atoms with Crippen molar-refractivity contribution in [2.45, 2.75) is 33.2 Å². The molecule has 0 saturated carbocycles. The molecule has 7 nitrogen and oxygen atoms in total. The summed E-state index contributed by atoms with van der Waals surface area (Å²) in [6.07, 6.45) is 1.38. The van der Waals surface area contributed by atoms with E-state index < -0.39 is 0 Å². The van der Waals surface area contributed by atoms with Crippen LogP contribution in [0.25, 0.3) is 0 Å². The van der Waals surface area contributed by atoms with Crippen LogP contribution in [0.3, 0.4) is 0 Å². The van der Waals surface area contributed by atoms with E-state index in [4.69, 9.17) is 4.74 Å². The highest BCUT2D eigenvalue weighted by Gasteiger charge is 2.23. The first-order valence-corrected chi connectivity index (χ1v) is 8.25. The van der Waals surface area contributed by atoms with Crippen molar-refractivity contribution in [3.05, 3.63) is 24.0 Å². The summed E-state index contributed by atoms with van der Waals surface area (Å²) in [4.78, 5) is 32.0. The summed E-state index contributed by atoms with van der Waals surface area (Å²) in [7, 11) is 0. The number of pyridine rings is 1. The second-order valence-electron chi connectivity index (χ2n) is 6.78. The molecule has 0 atom stereocenters. The van der Waals surface area contributed by atoms with E-state index in [9.17, 15) is 9.59 Å². The number of hydrogen-bond acceptors (Lipinski definition) is 5. The van der Waals surface area contributed by atoms with Crippen LogP contribution >= 0.6 is 0 Å². The molecule has 1 aliphatic rings. The third kappa shape index (κ3) is 4.84. The van der Waals surface area contributed by atoms with Crippen LogP contribution < -0.4 is 10.2 Å². The van der Waals surface area contributed by atoms with Crippen molar-refractivity contribution in [1.29, 1.82) is 0 Å². The van der Waals surface area contributed by atoms with Crippen LogP contribution in [0.2, 0.25) is 0 Å². The van der Waals surface area contributed by atoms with Gasteiger partial charge in [-0.2, -0.15) is 0 Å². The summed E-state index contributed by atoms with van der Waals surface area (Å²) >= 11 is 0. The molecule has 2 rings (SSSR count). The van der Waals surface area contributed by atoms with E-state index in [2.05, 4.69) is 15.2 Å². The fraction of sp³-hybridized carbons (Fsp3) is 0.588. The molecule has 1 fully saturated rings. The van der Waals surface area contributed by atoms with Crippen molar-refractivity contribution in [2.75, 3.05) is 37.7 Å². The predicted octanol–water partition coefficient (Wildman–Crippen LogP) is 1.89. The molecule has 0 unspecified atom stereocenters. The number of carbonyl (C=O) groups excluding carboxylic acids is 2. The number of nitrogens with zero attached hydrogens (tertiary/aromatic N) is 3. The Balaban J connectivity index is 2.00. The van der Waals surface area contributed by atoms with E-state index in [-0.39, 0.29) is 17.5 Å². The van der Waals surface area contributed by atoms with E-state index in [1.54, 1.807) is 24.1 Å². The lowest BCUT2D eigenvalue weighted by atomic mass is 10.1. The topological polar surface area (TPSA) is 74.8 Å². The van der Waals surface area contributed by atoms with Gasteiger partial charge in [-0.3, -0.25) is 9.78 Å². The highest BCUT2D eigenvalue weighted by Crippen LogP contribution is 2.17. The zero-order valence-electron chi connectivity index (χ0n) is 14.8. The van der Waals surface area contributed by atoms with Gasteiger partial charge in [-0.25, -0.2) is 4.79 Å². The lowest BCUT2D eigenvalue weighted by Crippen LogP contribution is -2.49. The molecule has 1 N–H and O–H groups in total. The van der Waals surface area contributed by atoms with Gasteiger partial charge in [0.25, 0.3) is 5.91 Å². The fourth-order valence-corrected chi connectivity index (χ4v) is 2.51. The van der Waals surface area contributed by atoms with Crippen LogP contribution in [0.1, 0.15) is 38.2 Å². The molecule has 0 aliphatic carbocycles. The number of anilines is 1. The van der Waals surface area contributed by atoms with Crippen LogP contribution in [0.5, 0.6) is 0 Å². The fourth-order valence-electron chi connectivity index (χ4n) is 2.51. The number of aromatic nitrogens is 1. The van der Waals surface area contributed by atoms with E-state index in [1.165, 1.54) is 0 Å². The first-order chi connectivity index (χ1) is 11.3. The van der Waals surface area contributed by atoms with E-state index in [0.717, 1.165) is 5.69 Å². The lowest BCUT2D eigenvalue weighted by Gasteiger charge is -2.35. The van der Waals surface area contributed by atoms with Crippen molar-refractivity contribution in [1.82, 2.24) is 15.2 Å². The predicted molar refractivity (Wildman–Crippen MR) is 92.3 cm³/mol. The van der Waals surface area contributed by atoms with Crippen LogP contribution in [-0.2, 0) is 4.74 Å². The maximum Gasteiger partial charge on any atom is 0.409 e. The van der Waals surface area contributed by atoms with Gasteiger partial charge >= 0.3 is 6.09 Å². The first-order valence-electron chi connectivity index (χ1n) is 8.25. The van der Waals surface area contributed by atoms with Crippen LogP contribution in [0.4, 0.5) is 10.5 Å². The lowest BCUT2D eigenvalue weighted by molar-refractivity contribution is 0.0914. The van der Waals surface area contributed by atoms with Gasteiger partial charge in [-0.1, -0.05) is 0 Å². The minimum Gasteiger partial charge on any atom is -0.450 e. The number of carbonyl (C=O) groups is 2. The molecule has 2 heterocycles. The third-order valence-corrected chi connectivity index (χ3v) is 3.64. The summed E-state index contributed by atoms with van der Waals surface area (Å²) in [5, 5.41) is 2.91. The SMILES string of the molecule is CCOC(=O)N1CCN(c2ccnc(C(=O)NC(C)(C)C)c2)CC1. The molecule has 0 aromatic carbocycles. The first kappa shape index (κ1) is 18.0. The van der Waals surface area contributed by atoms with E-state index >= 15 is 0 Å². The number of rotatable bonds is 3. The largest absolute Gasteiger partial charge is 0.450 e. The highest BCUT2D eigenvalue weighted by atomic mass is 16.6. The molecular formula is C17H26N4O3. The Morgan fingerprint density at radius 2 is 1.92 bits per heavy atom. The van der Waals surface area contributed by atoms with Crippen molar-refractivity contribution in [2.24, 2.45) is 0 Å². The Kier molecular flexibility index (Phi) is 5.64. The van der Waals surface area contributed by atoms with E-state index in [0.29, 0.717) is 38.5 Å². The number of hydrogen-bond donors (Lipinski definition) is 1. The Hall–Kier alpha value is -2.31. The molecular weight excluding hydrogens is 308 g/mol. The summed E-state index contributed by atoms with van der Waals surface area (Å²) in [5.74, 6) is -0.186. The second kappa shape index (κ2) is 7.51. The standard InChI is InChI=1S/C17H26N4O3/c1-5-24-16(23)21-10-8-20(9-11-21)13-6-7-18-14(12-13)15(22)19-17(2,3)4/h6-7,12H,5,8-11H2,1-4H3,(H,19,22). The average molecular weight is 334 g/mol. The second-order valence-corrected chi connectivity index (χ2v) is 6.78. The summed E-state index contributed by atoms with van der Waals surface area (Å²) in [6.45, 7) is 10.6. The molecule has 1 aromatic heterocycles. The third-order valence-electron chi connectivity index (χ3n) is 3.64. The van der Waals surface area contributed by atoms with Gasteiger partial charge in [0.2, 0.25) is 0 Å². The Morgan fingerprint density at radius 3 is 2.50 bits per heavy atom. The van der Waals surface area contributed by atoms with Crippen LogP contribution in [0, 0.1) is 0 Å². The molecule has 1 aliphatic heterocycles. The Bertz CT molecular complexity index is 590. The van der Waals surface area contributed by atoms with Gasteiger partial charge in [-0.15, -0.1) is 0 Å². The normalized spacial score (nSPS) is 15.2. The van der Waals surface area contributed by atoms with Gasteiger partial charge in [0.15, 0.2) is 0 Å². The highest BCUT2D eigenvalue weighted by molar-refractivity contribution is 5.93. The number of ether oxygens (including phenoxy) is 1. The zero-order chi connectivity index (χ0) is 17.7. The smallest absolute Gasteiger partial charge is 0.409 e. The summed E-state index contributed by atoms with van der Waals surface area (Å²) < 4.78 is 5.02. The molecule has 24 heavy (non-hydrogen) atoms. The van der Waals surface area contributed by atoms with Gasteiger partial charge < -0.3 is 19.9 Å². The van der Waals surface area contributed by atoms with Gasteiger partial charge in [0, 0.05) is 43.6 Å². The maximum atomic E-state index is 12.2. The summed E-state index contributed by atoms with van der Waals surface area (Å²) in [6, 6.07) is 3.68. The molecule has 0 spiro atoms. The van der Waals surface area contributed by atoms with Crippen LogP contribution in [0.15, 0.2) is 18.3 Å².